The van der Waals surface area contributed by atoms with Crippen molar-refractivity contribution < 1.29 is 48.5 Å². The number of carbonyl (C=O) groups is 6. The average Bonchev–Trinajstić information content (AvgIpc) is 3.61. The van der Waals surface area contributed by atoms with Crippen LogP contribution < -0.4 is 16.2 Å². The number of hydrogen-bond donors (Lipinski definition) is 4. The van der Waals surface area contributed by atoms with E-state index in [-0.39, 0.29) is 44.7 Å². The Bertz CT molecular complexity index is 2110. The van der Waals surface area contributed by atoms with Gasteiger partial charge in [-0.25, -0.2) is 9.59 Å². The zero-order valence-corrected chi connectivity index (χ0v) is 39.6. The van der Waals surface area contributed by atoms with Gasteiger partial charge in [0.05, 0.1) is 23.1 Å². The van der Waals surface area contributed by atoms with Crippen molar-refractivity contribution in [2.45, 2.75) is 130 Å². The minimum Gasteiger partial charge on any atom is -0.481 e. The molecule has 0 spiro atoms. The van der Waals surface area contributed by atoms with Gasteiger partial charge >= 0.3 is 11.9 Å². The Balaban J connectivity index is 1.61. The van der Waals surface area contributed by atoms with Crippen molar-refractivity contribution >= 4 is 67.8 Å². The van der Waals surface area contributed by atoms with Crippen molar-refractivity contribution in [1.82, 2.24) is 9.47 Å². The molecule has 1 aliphatic rings. The zero-order valence-electron chi connectivity index (χ0n) is 38.0. The van der Waals surface area contributed by atoms with E-state index in [9.17, 15) is 33.9 Å². The topological polar surface area (TPSA) is 222 Å². The Morgan fingerprint density at radius 2 is 1.34 bits per heavy atom. The molecule has 0 saturated heterocycles. The predicted octanol–water partition coefficient (Wildman–Crippen LogP) is 7.99. The number of aryl methyl sites for hydroxylation is 1. The summed E-state index contributed by atoms with van der Waals surface area (Å²) >= 11 is 0. The number of carboxylic acid groups (broad SMARTS) is 2. The molecule has 62 heavy (non-hydrogen) atoms. The number of allylic oxidation sites excluding steroid dienone is 4. The lowest BCUT2D eigenvalue weighted by molar-refractivity contribution is -0.142. The smallest absolute Gasteiger partial charge is 0.341 e. The summed E-state index contributed by atoms with van der Waals surface area (Å²) in [5.41, 5.74) is 14.1. The minimum atomic E-state index is -1.16. The summed E-state index contributed by atoms with van der Waals surface area (Å²) in [6.45, 7) is 22.2. The van der Waals surface area contributed by atoms with Crippen molar-refractivity contribution in [1.29, 1.82) is 0 Å². The van der Waals surface area contributed by atoms with Crippen LogP contribution in [-0.4, -0.2) is 90.9 Å². The SMILES string of the molecule is CC1=C(C(=O)C(N)=O)C/C(=C\C=C/COCC(=O)O)N1CCCC(C)(C)CC(C)(C)SSC(C)(C)CC(C)(C)CCCn1c(C)c(C(=O)C(N)=O)c2c(OCC(=O)O)cccc21. The maximum atomic E-state index is 13.0. The summed E-state index contributed by atoms with van der Waals surface area (Å²) in [5, 5.41) is 18.4. The van der Waals surface area contributed by atoms with Crippen LogP contribution in [0, 0.1) is 17.8 Å². The zero-order chi connectivity index (χ0) is 46.8. The lowest BCUT2D eigenvalue weighted by Crippen LogP contribution is -2.29. The number of Topliss-reactive ketones (excluding diaryl/α,β-unsaturated/α-hetero) is 2. The molecule has 0 unspecified atom stereocenters. The molecular weight excluding hydrogens is 833 g/mol. The molecule has 2 heterocycles. The van der Waals surface area contributed by atoms with E-state index in [1.807, 2.05) is 45.2 Å². The molecule has 0 aliphatic carbocycles. The van der Waals surface area contributed by atoms with Gasteiger partial charge in [0, 0.05) is 51.7 Å². The van der Waals surface area contributed by atoms with E-state index < -0.39 is 48.5 Å². The molecule has 3 rings (SSSR count). The Labute approximate surface area is 373 Å². The van der Waals surface area contributed by atoms with Crippen LogP contribution in [0.2, 0.25) is 0 Å². The number of benzene rings is 1. The molecule has 0 atom stereocenters. The number of amides is 2. The molecule has 14 nitrogen and oxygen atoms in total. The third kappa shape index (κ3) is 15.1. The van der Waals surface area contributed by atoms with Crippen molar-refractivity contribution in [3.63, 3.8) is 0 Å². The summed E-state index contributed by atoms with van der Waals surface area (Å²) < 4.78 is 12.5. The van der Waals surface area contributed by atoms with Gasteiger partial charge in [0.25, 0.3) is 17.6 Å². The molecule has 0 bridgehead atoms. The summed E-state index contributed by atoms with van der Waals surface area (Å²) in [6, 6.07) is 5.15. The van der Waals surface area contributed by atoms with Crippen LogP contribution in [0.15, 0.2) is 53.4 Å². The molecule has 2 aromatic rings. The van der Waals surface area contributed by atoms with Crippen molar-refractivity contribution in [2.75, 3.05) is 26.4 Å². The van der Waals surface area contributed by atoms with Crippen LogP contribution in [0.5, 0.6) is 5.75 Å². The number of aromatic nitrogens is 1. The summed E-state index contributed by atoms with van der Waals surface area (Å²) in [6.07, 6.45) is 11.0. The molecule has 6 N–H and O–H groups in total. The van der Waals surface area contributed by atoms with Gasteiger partial charge in [-0.1, -0.05) is 67.5 Å². The van der Waals surface area contributed by atoms with E-state index in [0.717, 1.165) is 44.2 Å². The number of nitrogens with zero attached hydrogens (tertiary/aromatic N) is 2. The molecule has 0 saturated carbocycles. The van der Waals surface area contributed by atoms with Gasteiger partial charge < -0.3 is 40.6 Å². The number of nitrogens with two attached hydrogens (primary N) is 2. The van der Waals surface area contributed by atoms with Crippen LogP contribution in [-0.2, 0) is 35.3 Å². The number of rotatable bonds is 27. The molecule has 16 heteroatoms. The molecule has 342 valence electrons. The van der Waals surface area contributed by atoms with Gasteiger partial charge in [-0.05, 0) is 109 Å². The van der Waals surface area contributed by atoms with Gasteiger partial charge in [-0.2, -0.15) is 0 Å². The molecule has 0 radical (unpaired) electrons. The molecule has 0 fully saturated rings. The number of primary amides is 2. The Kier molecular flexibility index (Phi) is 18.1. The first-order valence-corrected chi connectivity index (χ1v) is 23.0. The van der Waals surface area contributed by atoms with Crippen LogP contribution in [0.1, 0.15) is 123 Å². The number of aliphatic carboxylic acids is 2. The summed E-state index contributed by atoms with van der Waals surface area (Å²) in [5.74, 6) is -5.61. The average molecular weight is 899 g/mol. The van der Waals surface area contributed by atoms with E-state index in [1.165, 1.54) is 0 Å². The normalized spacial score (nSPS) is 14.7. The lowest BCUT2D eigenvalue weighted by atomic mass is 9.79. The molecule has 1 aromatic carbocycles. The highest BCUT2D eigenvalue weighted by molar-refractivity contribution is 8.77. The highest BCUT2D eigenvalue weighted by atomic mass is 33.1. The first-order chi connectivity index (χ1) is 28.7. The fourth-order valence-electron chi connectivity index (χ4n) is 8.72. The van der Waals surface area contributed by atoms with Crippen LogP contribution >= 0.6 is 21.6 Å². The van der Waals surface area contributed by atoms with Crippen molar-refractivity contribution in [2.24, 2.45) is 22.3 Å². The first kappa shape index (κ1) is 51.8. The third-order valence-electron chi connectivity index (χ3n) is 10.8. The number of carboxylic acids is 2. The van der Waals surface area contributed by atoms with E-state index in [2.05, 4.69) is 60.3 Å². The first-order valence-electron chi connectivity index (χ1n) is 20.8. The number of ketones is 2. The third-order valence-corrected chi connectivity index (χ3v) is 15.0. The highest BCUT2D eigenvalue weighted by Crippen LogP contribution is 2.52. The number of hydrogen-bond acceptors (Lipinski definition) is 11. The quantitative estimate of drug-likeness (QED) is 0.0289. The van der Waals surface area contributed by atoms with E-state index in [1.54, 1.807) is 31.2 Å². The predicted molar refractivity (Wildman–Crippen MR) is 246 cm³/mol. The van der Waals surface area contributed by atoms with E-state index in [4.69, 9.17) is 26.0 Å². The maximum absolute atomic E-state index is 13.0. The van der Waals surface area contributed by atoms with Gasteiger partial charge in [0.15, 0.2) is 6.61 Å². The van der Waals surface area contributed by atoms with Gasteiger partial charge in [-0.3, -0.25) is 19.2 Å². The Morgan fingerprint density at radius 3 is 1.87 bits per heavy atom. The fourth-order valence-corrected chi connectivity index (χ4v) is 11.8. The van der Waals surface area contributed by atoms with Crippen molar-refractivity contribution in [3.8, 4) is 5.75 Å². The van der Waals surface area contributed by atoms with E-state index in [0.29, 0.717) is 41.0 Å². The van der Waals surface area contributed by atoms with Gasteiger partial charge in [0.1, 0.15) is 12.4 Å². The largest absolute Gasteiger partial charge is 0.481 e. The van der Waals surface area contributed by atoms with Crippen LogP contribution in [0.25, 0.3) is 10.9 Å². The highest BCUT2D eigenvalue weighted by Gasteiger charge is 2.36. The summed E-state index contributed by atoms with van der Waals surface area (Å²) in [7, 11) is 3.82. The second-order valence-electron chi connectivity index (χ2n) is 18.8. The summed E-state index contributed by atoms with van der Waals surface area (Å²) in [4.78, 5) is 73.5. The van der Waals surface area contributed by atoms with E-state index >= 15 is 0 Å². The monoisotopic (exact) mass is 898 g/mol. The molecular formula is C46H66N4O10S2. The van der Waals surface area contributed by atoms with Gasteiger partial charge in [-0.15, -0.1) is 0 Å². The molecule has 2 amide bonds. The number of fused-ring (bicyclic) bond motifs is 1. The molecule has 1 aliphatic heterocycles. The van der Waals surface area contributed by atoms with Crippen molar-refractivity contribution in [3.05, 3.63) is 64.7 Å². The number of ether oxygens (including phenoxy) is 2. The second-order valence-corrected chi connectivity index (χ2v) is 22.3. The fraction of sp³-hybridized carbons (Fsp3) is 0.565. The lowest BCUT2D eigenvalue weighted by Gasteiger charge is -2.39. The Morgan fingerprint density at radius 1 is 0.790 bits per heavy atom. The Hall–Kier alpha value is -4.54. The molecule has 1 aromatic heterocycles. The minimum absolute atomic E-state index is 0.000779. The van der Waals surface area contributed by atoms with Crippen LogP contribution in [0.3, 0.4) is 0 Å². The number of carbonyl (C=O) groups excluding carboxylic acids is 4. The second kappa shape index (κ2) is 21.7. The maximum Gasteiger partial charge on any atom is 0.341 e. The van der Waals surface area contributed by atoms with Crippen LogP contribution in [0.4, 0.5) is 0 Å². The standard InChI is InChI=1S/C46H66N4O10S2/c1-29-32(39(55)41(47)57)24-31(16-11-12-23-59-25-35(51)52)49(29)21-14-19-43(3,4)27-45(7,8)61-62-46(9,10)28-44(5,6)20-15-22-50-30(2)37(40(56)42(48)58)38-33(50)17-13-18-34(38)60-26-36(53)54/h11-13,16-18H,14-15,19-28H2,1-10H3,(H2,47,57)(H2,48,58)(H,51,52)(H,53,54)/b12-11-,31-16+. The van der Waals surface area contributed by atoms with Gasteiger partial charge in [0.2, 0.25) is 5.78 Å².